The summed E-state index contributed by atoms with van der Waals surface area (Å²) in [6.07, 6.45) is 0. The van der Waals surface area contributed by atoms with Gasteiger partial charge in [0.05, 0.1) is 55.0 Å². The third kappa shape index (κ3) is 5.00. The number of carbonyl (C=O) groups excluding carboxylic acids is 2. The average molecular weight is 473 g/mol. The summed E-state index contributed by atoms with van der Waals surface area (Å²) in [6, 6.07) is 5.69. The fraction of sp³-hybridized carbons (Fsp3) is 0.417. The number of rotatable bonds is 12. The summed E-state index contributed by atoms with van der Waals surface area (Å²) in [5.74, 6) is -1.94. The van der Waals surface area contributed by atoms with Crippen LogP contribution in [0.3, 0.4) is 0 Å². The van der Waals surface area contributed by atoms with E-state index in [-0.39, 0.29) is 58.1 Å². The van der Waals surface area contributed by atoms with Crippen molar-refractivity contribution < 1.29 is 29.6 Å². The number of carbonyl (C=O) groups is 2. The second kappa shape index (κ2) is 10.8. The number of aromatic hydroxyl groups is 2. The molecule has 184 valence electrons. The van der Waals surface area contributed by atoms with Gasteiger partial charge in [-0.1, -0.05) is 0 Å². The summed E-state index contributed by atoms with van der Waals surface area (Å²) in [5, 5.41) is 51.4. The molecule has 2 aromatic carbocycles. The van der Waals surface area contributed by atoms with Gasteiger partial charge in [0, 0.05) is 31.0 Å². The number of hydrogen-bond donors (Lipinski definition) is 6. The van der Waals surface area contributed by atoms with Crippen molar-refractivity contribution in [2.24, 2.45) is 0 Å². The zero-order chi connectivity index (χ0) is 24.9. The maximum atomic E-state index is 13.5. The molecule has 0 fully saturated rings. The number of nitrogens with zero attached hydrogens (tertiary/aromatic N) is 1. The van der Waals surface area contributed by atoms with Gasteiger partial charge < -0.3 is 41.1 Å². The Hall–Kier alpha value is -3.18. The lowest BCUT2D eigenvalue weighted by Crippen LogP contribution is -2.44. The van der Waals surface area contributed by atoms with E-state index in [0.717, 1.165) is 0 Å². The van der Waals surface area contributed by atoms with Gasteiger partial charge in [-0.05, 0) is 38.1 Å². The van der Waals surface area contributed by atoms with E-state index in [1.807, 2.05) is 13.8 Å². The number of benzene rings is 2. The monoisotopic (exact) mass is 472 g/mol. The van der Waals surface area contributed by atoms with Gasteiger partial charge in [0.25, 0.3) is 0 Å². The van der Waals surface area contributed by atoms with Crippen LogP contribution in [0.5, 0.6) is 11.5 Å². The fourth-order valence-electron chi connectivity index (χ4n) is 4.08. The number of ketones is 2. The minimum absolute atomic E-state index is 0.00172. The molecule has 2 aromatic rings. The molecule has 10 heteroatoms. The van der Waals surface area contributed by atoms with E-state index in [9.17, 15) is 25.0 Å². The van der Waals surface area contributed by atoms with E-state index in [0.29, 0.717) is 44.1 Å². The molecule has 0 bridgehead atoms. The van der Waals surface area contributed by atoms with Crippen molar-refractivity contribution >= 4 is 22.9 Å². The number of aliphatic hydroxyl groups is 1. The number of anilines is 2. The molecular formula is C24H32N4O6. The SMILES string of the molecule is CC[N+]([O-])(CC)CCNc1ccc(NCCNCCO)c2c1C(=O)c1c(O)ccc(O)c1C2=O. The zero-order valence-corrected chi connectivity index (χ0v) is 19.5. The molecule has 1 aliphatic rings. The molecule has 34 heavy (non-hydrogen) atoms. The van der Waals surface area contributed by atoms with Crippen molar-refractivity contribution in [3.05, 3.63) is 51.7 Å². The molecular weight excluding hydrogens is 440 g/mol. The van der Waals surface area contributed by atoms with Gasteiger partial charge in [0.2, 0.25) is 11.6 Å². The predicted molar refractivity (Wildman–Crippen MR) is 130 cm³/mol. The van der Waals surface area contributed by atoms with Gasteiger partial charge in [0.15, 0.2) is 0 Å². The van der Waals surface area contributed by atoms with Crippen LogP contribution in [0.1, 0.15) is 45.7 Å². The summed E-state index contributed by atoms with van der Waals surface area (Å²) in [7, 11) is 0. The van der Waals surface area contributed by atoms with Crippen molar-refractivity contribution in [2.75, 3.05) is 63.1 Å². The number of fused-ring (bicyclic) bond motifs is 2. The first-order valence-electron chi connectivity index (χ1n) is 11.5. The van der Waals surface area contributed by atoms with Crippen LogP contribution in [0, 0.1) is 5.21 Å². The largest absolute Gasteiger partial charge is 0.633 e. The molecule has 1 aliphatic carbocycles. The maximum Gasteiger partial charge on any atom is 0.200 e. The first-order valence-corrected chi connectivity index (χ1v) is 11.5. The van der Waals surface area contributed by atoms with Crippen LogP contribution in [0.4, 0.5) is 11.4 Å². The number of hydrogen-bond acceptors (Lipinski definition) is 9. The Morgan fingerprint density at radius 1 is 0.765 bits per heavy atom. The van der Waals surface area contributed by atoms with E-state index in [1.165, 1.54) is 12.1 Å². The standard InChI is InChI=1S/C24H32N4O6/c1-3-28(34,4-2)13-11-27-16-6-5-15(26-10-9-25-12-14-29)19-20(16)24(33)22-18(31)8-7-17(30)21(22)23(19)32/h5-8,25-27,29-31H,3-4,9-14H2,1-2H3. The second-order valence-corrected chi connectivity index (χ2v) is 8.16. The van der Waals surface area contributed by atoms with Crippen molar-refractivity contribution in [3.8, 4) is 11.5 Å². The summed E-state index contributed by atoms with van der Waals surface area (Å²) in [6.45, 7) is 6.41. The summed E-state index contributed by atoms with van der Waals surface area (Å²) in [4.78, 5) is 27.0. The molecule has 0 spiro atoms. The Kier molecular flexibility index (Phi) is 8.11. The highest BCUT2D eigenvalue weighted by Crippen LogP contribution is 2.42. The third-order valence-corrected chi connectivity index (χ3v) is 6.17. The third-order valence-electron chi connectivity index (χ3n) is 6.17. The number of quaternary nitrogens is 1. The molecule has 0 saturated heterocycles. The minimum Gasteiger partial charge on any atom is -0.633 e. The number of nitrogens with one attached hydrogen (secondary N) is 3. The van der Waals surface area contributed by atoms with Crippen molar-refractivity contribution in [1.82, 2.24) is 5.32 Å². The second-order valence-electron chi connectivity index (χ2n) is 8.16. The van der Waals surface area contributed by atoms with Crippen LogP contribution in [0.15, 0.2) is 24.3 Å². The maximum absolute atomic E-state index is 13.5. The van der Waals surface area contributed by atoms with Gasteiger partial charge in [-0.2, -0.15) is 0 Å². The van der Waals surface area contributed by atoms with E-state index in [2.05, 4.69) is 16.0 Å². The minimum atomic E-state index is -0.587. The smallest absolute Gasteiger partial charge is 0.200 e. The van der Waals surface area contributed by atoms with E-state index in [1.54, 1.807) is 12.1 Å². The first-order chi connectivity index (χ1) is 16.3. The topological polar surface area (TPSA) is 154 Å². The lowest BCUT2D eigenvalue weighted by molar-refractivity contribution is -0.875. The Bertz CT molecular complexity index is 1070. The van der Waals surface area contributed by atoms with Crippen LogP contribution in [-0.4, -0.2) is 84.0 Å². The van der Waals surface area contributed by atoms with Gasteiger partial charge in [-0.25, -0.2) is 0 Å². The Labute approximate surface area is 198 Å². The zero-order valence-electron chi connectivity index (χ0n) is 19.5. The van der Waals surface area contributed by atoms with Crippen LogP contribution in [0.25, 0.3) is 0 Å². The normalized spacial score (nSPS) is 12.9. The van der Waals surface area contributed by atoms with Crippen LogP contribution in [0.2, 0.25) is 0 Å². The molecule has 0 radical (unpaired) electrons. The Morgan fingerprint density at radius 2 is 1.26 bits per heavy atom. The van der Waals surface area contributed by atoms with Gasteiger partial charge >= 0.3 is 0 Å². The van der Waals surface area contributed by atoms with Gasteiger partial charge in [0.1, 0.15) is 11.5 Å². The molecule has 3 rings (SSSR count). The predicted octanol–water partition coefficient (Wildman–Crippen LogP) is 1.63. The summed E-state index contributed by atoms with van der Waals surface area (Å²) in [5.41, 5.74) is 0.503. The summed E-state index contributed by atoms with van der Waals surface area (Å²) < 4.78 is -0.389. The molecule has 0 heterocycles. The Morgan fingerprint density at radius 3 is 1.74 bits per heavy atom. The molecule has 0 amide bonds. The molecule has 0 aromatic heterocycles. The molecule has 0 unspecified atom stereocenters. The van der Waals surface area contributed by atoms with Gasteiger partial charge in [-0.3, -0.25) is 9.59 Å². The quantitative estimate of drug-likeness (QED) is 0.0999. The Balaban J connectivity index is 2.00. The average Bonchev–Trinajstić information content (AvgIpc) is 2.83. The highest BCUT2D eigenvalue weighted by atomic mass is 16.5. The highest BCUT2D eigenvalue weighted by molar-refractivity contribution is 6.33. The molecule has 10 nitrogen and oxygen atoms in total. The summed E-state index contributed by atoms with van der Waals surface area (Å²) >= 11 is 0. The van der Waals surface area contributed by atoms with Crippen molar-refractivity contribution in [2.45, 2.75) is 13.8 Å². The molecule has 0 atom stereocenters. The van der Waals surface area contributed by atoms with Crippen LogP contribution >= 0.6 is 0 Å². The van der Waals surface area contributed by atoms with Crippen LogP contribution in [-0.2, 0) is 0 Å². The lowest BCUT2D eigenvalue weighted by Gasteiger charge is -2.41. The van der Waals surface area contributed by atoms with Crippen molar-refractivity contribution in [1.29, 1.82) is 0 Å². The fourth-order valence-corrected chi connectivity index (χ4v) is 4.08. The van der Waals surface area contributed by atoms with E-state index in [4.69, 9.17) is 5.11 Å². The number of likely N-dealkylation sites (N-methyl/N-ethyl adjacent to an activating group) is 1. The molecule has 6 N–H and O–H groups in total. The number of phenolic OH excluding ortho intramolecular Hbond substituents is 2. The van der Waals surface area contributed by atoms with E-state index >= 15 is 0 Å². The van der Waals surface area contributed by atoms with Crippen LogP contribution < -0.4 is 16.0 Å². The van der Waals surface area contributed by atoms with E-state index < -0.39 is 11.6 Å². The first kappa shape index (κ1) is 25.4. The number of phenols is 2. The molecule has 0 saturated carbocycles. The van der Waals surface area contributed by atoms with Gasteiger partial charge in [-0.15, -0.1) is 0 Å². The highest BCUT2D eigenvalue weighted by Gasteiger charge is 2.38. The van der Waals surface area contributed by atoms with Crippen molar-refractivity contribution in [3.63, 3.8) is 0 Å². The number of hydroxylamine groups is 3. The lowest BCUT2D eigenvalue weighted by atomic mass is 9.81. The molecule has 0 aliphatic heterocycles. The number of aliphatic hydroxyl groups excluding tert-OH is 1.